The largest absolute Gasteiger partial charge is 0.341 e. The molecule has 0 N–H and O–H groups in total. The third kappa shape index (κ3) is 2.98. The highest BCUT2D eigenvalue weighted by atomic mass is 16.2. The van der Waals surface area contributed by atoms with Gasteiger partial charge in [0.1, 0.15) is 0 Å². The van der Waals surface area contributed by atoms with Gasteiger partial charge in [0.25, 0.3) is 0 Å². The third-order valence-corrected chi connectivity index (χ3v) is 5.80. The number of amides is 1. The molecule has 1 saturated heterocycles. The molecule has 0 bridgehead atoms. The van der Waals surface area contributed by atoms with E-state index in [1.165, 1.54) is 25.7 Å². The fourth-order valence-electron chi connectivity index (χ4n) is 4.54. The molecule has 1 heterocycles. The van der Waals surface area contributed by atoms with Gasteiger partial charge in [-0.15, -0.1) is 0 Å². The van der Waals surface area contributed by atoms with Gasteiger partial charge in [-0.3, -0.25) is 4.79 Å². The van der Waals surface area contributed by atoms with Crippen molar-refractivity contribution in [1.29, 1.82) is 0 Å². The standard InChI is InChI=1S/C22H25NO/c24-22(23-15-19-13-7-8-14-20(19)16-23)21(17-9-3-1-4-10-17)18-11-5-2-6-12-18/h1-6,9-12,19-21H,7-8,13-16H2. The molecular formula is C22H25NO. The predicted octanol–water partition coefficient (Wildman–Crippen LogP) is 4.47. The Morgan fingerprint density at radius 2 is 1.25 bits per heavy atom. The van der Waals surface area contributed by atoms with Crippen molar-refractivity contribution in [3.05, 3.63) is 71.8 Å². The Morgan fingerprint density at radius 1 is 0.792 bits per heavy atom. The minimum atomic E-state index is -0.174. The summed E-state index contributed by atoms with van der Waals surface area (Å²) in [7, 11) is 0. The summed E-state index contributed by atoms with van der Waals surface area (Å²) in [5.74, 6) is 1.57. The number of hydrogen-bond donors (Lipinski definition) is 0. The van der Waals surface area contributed by atoms with E-state index < -0.39 is 0 Å². The van der Waals surface area contributed by atoms with Gasteiger partial charge in [0.15, 0.2) is 0 Å². The Balaban J connectivity index is 1.63. The molecule has 2 fully saturated rings. The molecule has 1 amide bonds. The van der Waals surface area contributed by atoms with Crippen LogP contribution in [-0.4, -0.2) is 23.9 Å². The van der Waals surface area contributed by atoms with Gasteiger partial charge < -0.3 is 4.90 Å². The number of carbonyl (C=O) groups is 1. The van der Waals surface area contributed by atoms with Crippen LogP contribution in [0, 0.1) is 11.8 Å². The molecule has 2 aromatic rings. The quantitative estimate of drug-likeness (QED) is 0.817. The van der Waals surface area contributed by atoms with Gasteiger partial charge in [0, 0.05) is 13.1 Å². The lowest BCUT2D eigenvalue weighted by molar-refractivity contribution is -0.131. The van der Waals surface area contributed by atoms with Gasteiger partial charge in [-0.05, 0) is 35.8 Å². The number of nitrogens with zero attached hydrogens (tertiary/aromatic N) is 1. The highest BCUT2D eigenvalue weighted by molar-refractivity contribution is 5.87. The lowest BCUT2D eigenvalue weighted by atomic mass is 9.82. The summed E-state index contributed by atoms with van der Waals surface area (Å²) in [6.45, 7) is 1.92. The molecule has 4 rings (SSSR count). The second-order valence-electron chi connectivity index (χ2n) is 7.30. The number of likely N-dealkylation sites (tertiary alicyclic amines) is 1. The molecule has 2 nitrogen and oxygen atoms in total. The molecule has 2 unspecified atom stereocenters. The highest BCUT2D eigenvalue weighted by Crippen LogP contribution is 2.38. The van der Waals surface area contributed by atoms with Crippen molar-refractivity contribution in [1.82, 2.24) is 4.90 Å². The molecule has 2 aromatic carbocycles. The Bertz CT molecular complexity index is 628. The Morgan fingerprint density at radius 3 is 1.71 bits per heavy atom. The molecule has 0 aromatic heterocycles. The molecule has 24 heavy (non-hydrogen) atoms. The zero-order chi connectivity index (χ0) is 16.4. The molecule has 124 valence electrons. The first-order valence-electron chi connectivity index (χ1n) is 9.21. The van der Waals surface area contributed by atoms with Crippen LogP contribution < -0.4 is 0 Å². The molecule has 1 saturated carbocycles. The van der Waals surface area contributed by atoms with Gasteiger partial charge in [-0.1, -0.05) is 73.5 Å². The van der Waals surface area contributed by atoms with Crippen molar-refractivity contribution in [3.8, 4) is 0 Å². The SMILES string of the molecule is O=C(C(c1ccccc1)c1ccccc1)N1CC2CCCCC2C1. The van der Waals surface area contributed by atoms with Gasteiger partial charge in [-0.2, -0.15) is 0 Å². The summed E-state index contributed by atoms with van der Waals surface area (Å²) in [5, 5.41) is 0. The minimum Gasteiger partial charge on any atom is -0.341 e. The summed E-state index contributed by atoms with van der Waals surface area (Å²) < 4.78 is 0. The van der Waals surface area contributed by atoms with Crippen LogP contribution in [0.3, 0.4) is 0 Å². The monoisotopic (exact) mass is 319 g/mol. The average molecular weight is 319 g/mol. The van der Waals surface area contributed by atoms with Crippen molar-refractivity contribution < 1.29 is 4.79 Å². The van der Waals surface area contributed by atoms with Crippen LogP contribution in [0.15, 0.2) is 60.7 Å². The second kappa shape index (κ2) is 6.80. The lowest BCUT2D eigenvalue weighted by Gasteiger charge is -2.24. The van der Waals surface area contributed by atoms with Crippen LogP contribution in [0.4, 0.5) is 0 Å². The fraction of sp³-hybridized carbons (Fsp3) is 0.409. The maximum absolute atomic E-state index is 13.4. The molecule has 2 aliphatic rings. The number of fused-ring (bicyclic) bond motifs is 1. The Labute approximate surface area is 144 Å². The maximum atomic E-state index is 13.4. The van der Waals surface area contributed by atoms with Crippen LogP contribution in [0.1, 0.15) is 42.7 Å². The first-order valence-corrected chi connectivity index (χ1v) is 9.21. The van der Waals surface area contributed by atoms with Crippen molar-refractivity contribution in [2.75, 3.05) is 13.1 Å². The van der Waals surface area contributed by atoms with E-state index in [1.54, 1.807) is 0 Å². The summed E-state index contributed by atoms with van der Waals surface area (Å²) in [4.78, 5) is 15.6. The molecule has 0 radical (unpaired) electrons. The summed E-state index contributed by atoms with van der Waals surface area (Å²) in [5.41, 5.74) is 2.20. The van der Waals surface area contributed by atoms with Crippen LogP contribution in [0.25, 0.3) is 0 Å². The Kier molecular flexibility index (Phi) is 4.38. The smallest absolute Gasteiger partial charge is 0.234 e. The molecule has 1 aliphatic carbocycles. The number of hydrogen-bond acceptors (Lipinski definition) is 1. The number of rotatable bonds is 3. The van der Waals surface area contributed by atoms with E-state index in [0.29, 0.717) is 0 Å². The first kappa shape index (κ1) is 15.4. The fourth-order valence-corrected chi connectivity index (χ4v) is 4.54. The van der Waals surface area contributed by atoms with Crippen molar-refractivity contribution in [2.45, 2.75) is 31.6 Å². The zero-order valence-corrected chi connectivity index (χ0v) is 14.1. The van der Waals surface area contributed by atoms with Crippen LogP contribution in [0.2, 0.25) is 0 Å². The Hall–Kier alpha value is -2.09. The summed E-state index contributed by atoms with van der Waals surface area (Å²) in [6.07, 6.45) is 5.28. The minimum absolute atomic E-state index is 0.174. The normalized spacial score (nSPS) is 23.3. The average Bonchev–Trinajstić information content (AvgIpc) is 3.08. The molecule has 1 aliphatic heterocycles. The van der Waals surface area contributed by atoms with Crippen molar-refractivity contribution >= 4 is 5.91 Å². The van der Waals surface area contributed by atoms with Gasteiger partial charge in [-0.25, -0.2) is 0 Å². The van der Waals surface area contributed by atoms with Gasteiger partial charge in [0.2, 0.25) is 5.91 Å². The van der Waals surface area contributed by atoms with Gasteiger partial charge in [0.05, 0.1) is 5.92 Å². The van der Waals surface area contributed by atoms with E-state index in [2.05, 4.69) is 29.2 Å². The van der Waals surface area contributed by atoms with Crippen LogP contribution >= 0.6 is 0 Å². The molecular weight excluding hydrogens is 294 g/mol. The van der Waals surface area contributed by atoms with Crippen molar-refractivity contribution in [2.24, 2.45) is 11.8 Å². The van der Waals surface area contributed by atoms with E-state index in [-0.39, 0.29) is 11.8 Å². The zero-order valence-electron chi connectivity index (χ0n) is 14.1. The highest BCUT2D eigenvalue weighted by Gasteiger charge is 2.39. The van der Waals surface area contributed by atoms with Gasteiger partial charge >= 0.3 is 0 Å². The molecule has 2 heteroatoms. The first-order chi connectivity index (χ1) is 11.8. The number of benzene rings is 2. The lowest BCUT2D eigenvalue weighted by Crippen LogP contribution is -2.34. The van der Waals surface area contributed by atoms with E-state index >= 15 is 0 Å². The van der Waals surface area contributed by atoms with E-state index in [0.717, 1.165) is 36.1 Å². The van der Waals surface area contributed by atoms with E-state index in [9.17, 15) is 4.79 Å². The molecule has 2 atom stereocenters. The summed E-state index contributed by atoms with van der Waals surface area (Å²) in [6, 6.07) is 20.5. The van der Waals surface area contributed by atoms with E-state index in [1.807, 2.05) is 36.4 Å². The second-order valence-corrected chi connectivity index (χ2v) is 7.30. The van der Waals surface area contributed by atoms with Crippen LogP contribution in [0.5, 0.6) is 0 Å². The van der Waals surface area contributed by atoms with Crippen LogP contribution in [-0.2, 0) is 4.79 Å². The van der Waals surface area contributed by atoms with E-state index in [4.69, 9.17) is 0 Å². The summed E-state index contributed by atoms with van der Waals surface area (Å²) >= 11 is 0. The third-order valence-electron chi connectivity index (χ3n) is 5.80. The predicted molar refractivity (Wildman–Crippen MR) is 96.8 cm³/mol. The maximum Gasteiger partial charge on any atom is 0.234 e. The number of carbonyl (C=O) groups excluding carboxylic acids is 1. The topological polar surface area (TPSA) is 20.3 Å². The van der Waals surface area contributed by atoms with Crippen molar-refractivity contribution in [3.63, 3.8) is 0 Å². The molecule has 0 spiro atoms.